The third kappa shape index (κ3) is 13.4. The fourth-order valence-corrected chi connectivity index (χ4v) is 1.94. The van der Waals surface area contributed by atoms with Gasteiger partial charge in [-0.15, -0.1) is 0 Å². The van der Waals surface area contributed by atoms with Gasteiger partial charge in [-0.25, -0.2) is 9.59 Å². The fourth-order valence-electron chi connectivity index (χ4n) is 1.94. The zero-order valence-electron chi connectivity index (χ0n) is 13.7. The topological polar surface area (TPSA) is 52.6 Å². The molecule has 0 aromatic carbocycles. The first-order valence-electron chi connectivity index (χ1n) is 8.15. The first kappa shape index (κ1) is 19.7. The quantitative estimate of drug-likeness (QED) is 0.308. The normalized spacial score (nSPS) is 12.3. The van der Waals surface area contributed by atoms with E-state index in [0.29, 0.717) is 6.61 Å². The van der Waals surface area contributed by atoms with Crippen molar-refractivity contribution >= 4 is 11.9 Å². The summed E-state index contributed by atoms with van der Waals surface area (Å²) in [6.45, 7) is 6.46. The Morgan fingerprint density at radius 3 is 2.19 bits per heavy atom. The standard InChI is InChI=1S/C17H30O4/c1-4-6-7-8-9-10-14-20-16(18)12-13-17(19)21-15(3)11-5-2/h12-13,15H,4-11,14H2,1-3H3/b13-12+. The number of esters is 2. The van der Waals surface area contributed by atoms with Crippen LogP contribution in [-0.2, 0) is 19.1 Å². The van der Waals surface area contributed by atoms with Gasteiger partial charge in [-0.2, -0.15) is 0 Å². The van der Waals surface area contributed by atoms with E-state index in [-0.39, 0.29) is 6.10 Å². The highest BCUT2D eigenvalue weighted by atomic mass is 16.5. The first-order valence-corrected chi connectivity index (χ1v) is 8.15. The maximum Gasteiger partial charge on any atom is 0.331 e. The van der Waals surface area contributed by atoms with E-state index in [1.807, 2.05) is 13.8 Å². The highest BCUT2D eigenvalue weighted by molar-refractivity contribution is 5.91. The van der Waals surface area contributed by atoms with Crippen LogP contribution in [0, 0.1) is 0 Å². The zero-order valence-corrected chi connectivity index (χ0v) is 13.7. The minimum absolute atomic E-state index is 0.119. The minimum Gasteiger partial charge on any atom is -0.463 e. The highest BCUT2D eigenvalue weighted by Gasteiger charge is 2.06. The molecule has 0 aromatic heterocycles. The summed E-state index contributed by atoms with van der Waals surface area (Å²) < 4.78 is 10.1. The molecule has 0 heterocycles. The molecule has 4 heteroatoms. The summed E-state index contributed by atoms with van der Waals surface area (Å²) in [6, 6.07) is 0. The second kappa shape index (κ2) is 13.7. The number of carbonyl (C=O) groups excluding carboxylic acids is 2. The van der Waals surface area contributed by atoms with Crippen LogP contribution in [0.15, 0.2) is 12.2 Å². The number of ether oxygens (including phenoxy) is 2. The highest BCUT2D eigenvalue weighted by Crippen LogP contribution is 2.05. The average Bonchev–Trinajstić information content (AvgIpc) is 2.44. The molecule has 0 N–H and O–H groups in total. The molecule has 0 radical (unpaired) electrons. The van der Waals surface area contributed by atoms with Crippen LogP contribution in [0.5, 0.6) is 0 Å². The van der Waals surface area contributed by atoms with E-state index in [4.69, 9.17) is 9.47 Å². The monoisotopic (exact) mass is 298 g/mol. The SMILES string of the molecule is CCCCCCCCOC(=O)/C=C/C(=O)OC(C)CCC. The number of hydrogen-bond acceptors (Lipinski definition) is 4. The molecule has 0 aliphatic rings. The maximum atomic E-state index is 11.4. The number of unbranched alkanes of at least 4 members (excludes halogenated alkanes) is 5. The molecular weight excluding hydrogens is 268 g/mol. The number of hydrogen-bond donors (Lipinski definition) is 0. The molecule has 1 unspecified atom stereocenters. The molecule has 4 nitrogen and oxygen atoms in total. The minimum atomic E-state index is -0.493. The van der Waals surface area contributed by atoms with E-state index in [2.05, 4.69) is 6.92 Å². The van der Waals surface area contributed by atoms with E-state index >= 15 is 0 Å². The predicted molar refractivity (Wildman–Crippen MR) is 83.9 cm³/mol. The van der Waals surface area contributed by atoms with Gasteiger partial charge < -0.3 is 9.47 Å². The Labute approximate surface area is 128 Å². The Kier molecular flexibility index (Phi) is 12.8. The summed E-state index contributed by atoms with van der Waals surface area (Å²) in [5.41, 5.74) is 0. The molecule has 0 aliphatic heterocycles. The van der Waals surface area contributed by atoms with Crippen LogP contribution < -0.4 is 0 Å². The van der Waals surface area contributed by atoms with Gasteiger partial charge in [-0.1, -0.05) is 52.4 Å². The Morgan fingerprint density at radius 2 is 1.52 bits per heavy atom. The molecule has 0 amide bonds. The van der Waals surface area contributed by atoms with Gasteiger partial charge in [0.2, 0.25) is 0 Å². The van der Waals surface area contributed by atoms with Gasteiger partial charge in [-0.05, 0) is 19.8 Å². The maximum absolute atomic E-state index is 11.4. The molecule has 0 aromatic rings. The molecular formula is C17H30O4. The van der Waals surface area contributed by atoms with Crippen LogP contribution >= 0.6 is 0 Å². The van der Waals surface area contributed by atoms with Gasteiger partial charge in [0.1, 0.15) is 0 Å². The third-order valence-electron chi connectivity index (χ3n) is 3.11. The summed E-state index contributed by atoms with van der Waals surface area (Å²) >= 11 is 0. The van der Waals surface area contributed by atoms with Crippen molar-refractivity contribution in [3.05, 3.63) is 12.2 Å². The van der Waals surface area contributed by atoms with Gasteiger partial charge in [-0.3, -0.25) is 0 Å². The molecule has 0 aliphatic carbocycles. The second-order valence-corrected chi connectivity index (χ2v) is 5.30. The fraction of sp³-hybridized carbons (Fsp3) is 0.765. The van der Waals surface area contributed by atoms with Gasteiger partial charge in [0, 0.05) is 12.2 Å². The lowest BCUT2D eigenvalue weighted by atomic mass is 10.1. The van der Waals surface area contributed by atoms with Crippen molar-refractivity contribution in [3.63, 3.8) is 0 Å². The van der Waals surface area contributed by atoms with Crippen LogP contribution in [0.1, 0.15) is 72.1 Å². The summed E-state index contributed by atoms with van der Waals surface area (Å²) in [5, 5.41) is 0. The summed E-state index contributed by atoms with van der Waals surface area (Å²) in [4.78, 5) is 22.8. The van der Waals surface area contributed by atoms with Crippen molar-refractivity contribution in [1.29, 1.82) is 0 Å². The van der Waals surface area contributed by atoms with Crippen LogP contribution in [0.2, 0.25) is 0 Å². The molecule has 0 bridgehead atoms. The Morgan fingerprint density at radius 1 is 0.905 bits per heavy atom. The largest absolute Gasteiger partial charge is 0.463 e. The van der Waals surface area contributed by atoms with Crippen LogP contribution in [0.4, 0.5) is 0 Å². The van der Waals surface area contributed by atoms with E-state index in [0.717, 1.165) is 37.8 Å². The predicted octanol–water partition coefficient (Wildman–Crippen LogP) is 4.18. The van der Waals surface area contributed by atoms with E-state index in [1.54, 1.807) is 0 Å². The summed E-state index contributed by atoms with van der Waals surface area (Å²) in [7, 11) is 0. The lowest BCUT2D eigenvalue weighted by Crippen LogP contribution is -2.13. The van der Waals surface area contributed by atoms with Gasteiger partial charge in [0.05, 0.1) is 12.7 Å². The smallest absolute Gasteiger partial charge is 0.331 e. The lowest BCUT2D eigenvalue weighted by Gasteiger charge is -2.09. The number of carbonyl (C=O) groups is 2. The van der Waals surface area contributed by atoms with Crippen LogP contribution in [-0.4, -0.2) is 24.6 Å². The van der Waals surface area contributed by atoms with Crippen molar-refractivity contribution in [2.45, 2.75) is 78.2 Å². The third-order valence-corrected chi connectivity index (χ3v) is 3.11. The molecule has 0 saturated heterocycles. The van der Waals surface area contributed by atoms with E-state index < -0.39 is 11.9 Å². The second-order valence-electron chi connectivity index (χ2n) is 5.30. The van der Waals surface area contributed by atoms with Gasteiger partial charge in [0.25, 0.3) is 0 Å². The van der Waals surface area contributed by atoms with E-state index in [1.165, 1.54) is 25.7 Å². The van der Waals surface area contributed by atoms with E-state index in [9.17, 15) is 9.59 Å². The Balaban J connectivity index is 3.64. The van der Waals surface area contributed by atoms with Crippen molar-refractivity contribution in [2.75, 3.05) is 6.61 Å². The van der Waals surface area contributed by atoms with Crippen LogP contribution in [0.3, 0.4) is 0 Å². The Bertz CT molecular complexity index is 310. The molecule has 0 rings (SSSR count). The summed E-state index contributed by atoms with van der Waals surface area (Å²) in [5.74, 6) is -0.976. The molecule has 0 spiro atoms. The molecule has 21 heavy (non-hydrogen) atoms. The molecule has 0 fully saturated rings. The lowest BCUT2D eigenvalue weighted by molar-refractivity contribution is -0.143. The molecule has 122 valence electrons. The van der Waals surface area contributed by atoms with Gasteiger partial charge in [0.15, 0.2) is 0 Å². The average molecular weight is 298 g/mol. The van der Waals surface area contributed by atoms with Gasteiger partial charge >= 0.3 is 11.9 Å². The van der Waals surface area contributed by atoms with Crippen LogP contribution in [0.25, 0.3) is 0 Å². The van der Waals surface area contributed by atoms with Crippen molar-refractivity contribution in [1.82, 2.24) is 0 Å². The Hall–Kier alpha value is -1.32. The summed E-state index contributed by atoms with van der Waals surface area (Å²) in [6.07, 6.45) is 10.8. The molecule has 1 atom stereocenters. The zero-order chi connectivity index (χ0) is 15.9. The van der Waals surface area contributed by atoms with Crippen molar-refractivity contribution in [2.24, 2.45) is 0 Å². The molecule has 0 saturated carbocycles. The van der Waals surface area contributed by atoms with Crippen molar-refractivity contribution < 1.29 is 19.1 Å². The first-order chi connectivity index (χ1) is 10.1. The number of rotatable bonds is 12. The van der Waals surface area contributed by atoms with Crippen molar-refractivity contribution in [3.8, 4) is 0 Å².